The van der Waals surface area contributed by atoms with Gasteiger partial charge in [-0.2, -0.15) is 0 Å². The van der Waals surface area contributed by atoms with Gasteiger partial charge in [0.25, 0.3) is 0 Å². The van der Waals surface area contributed by atoms with Gasteiger partial charge in [0.1, 0.15) is 0 Å². The van der Waals surface area contributed by atoms with E-state index in [0.29, 0.717) is 29.3 Å². The zero-order chi connectivity index (χ0) is 15.2. The molecule has 20 heavy (non-hydrogen) atoms. The van der Waals surface area contributed by atoms with E-state index in [0.717, 1.165) is 12.0 Å². The van der Waals surface area contributed by atoms with E-state index in [1.165, 1.54) is 0 Å². The normalized spacial score (nSPS) is 13.8. The number of hydrogen-bond acceptors (Lipinski definition) is 2. The van der Waals surface area contributed by atoms with Gasteiger partial charge in [0.05, 0.1) is 0 Å². The van der Waals surface area contributed by atoms with Crippen LogP contribution in [0.1, 0.15) is 38.7 Å². The minimum absolute atomic E-state index is 0.0335. The van der Waals surface area contributed by atoms with E-state index < -0.39 is 0 Å². The molecule has 5 heteroatoms. The van der Waals surface area contributed by atoms with Gasteiger partial charge < -0.3 is 10.4 Å². The number of carbonyl (C=O) groups is 1. The van der Waals surface area contributed by atoms with Crippen LogP contribution < -0.4 is 5.32 Å². The molecule has 1 atom stereocenters. The standard InChI is InChI=1S/C15H21Cl2NO2/c1-3-15(2,8-9-19)18-14(20)7-5-11-4-6-12(16)10-13(11)17/h4,6,10,19H,3,5,7-9H2,1-2H3,(H,18,20). The number of amides is 1. The van der Waals surface area contributed by atoms with Crippen molar-refractivity contribution in [3.05, 3.63) is 33.8 Å². The number of rotatable bonds is 7. The summed E-state index contributed by atoms with van der Waals surface area (Å²) in [7, 11) is 0. The molecule has 1 aromatic carbocycles. The van der Waals surface area contributed by atoms with Crippen LogP contribution in [0, 0.1) is 0 Å². The summed E-state index contributed by atoms with van der Waals surface area (Å²) < 4.78 is 0. The van der Waals surface area contributed by atoms with Gasteiger partial charge in [0.2, 0.25) is 5.91 Å². The molecular formula is C15H21Cl2NO2. The molecule has 2 N–H and O–H groups in total. The van der Waals surface area contributed by atoms with Crippen molar-refractivity contribution < 1.29 is 9.90 Å². The fourth-order valence-corrected chi connectivity index (χ4v) is 2.45. The number of aliphatic hydroxyl groups excluding tert-OH is 1. The second kappa shape index (κ2) is 7.87. The zero-order valence-corrected chi connectivity index (χ0v) is 13.4. The Kier molecular flexibility index (Phi) is 6.80. The van der Waals surface area contributed by atoms with Crippen molar-refractivity contribution in [2.45, 2.75) is 45.1 Å². The number of aryl methyl sites for hydroxylation is 1. The maximum absolute atomic E-state index is 12.0. The number of aliphatic hydroxyl groups is 1. The van der Waals surface area contributed by atoms with E-state index in [-0.39, 0.29) is 18.1 Å². The average molecular weight is 318 g/mol. The van der Waals surface area contributed by atoms with Crippen LogP contribution in [-0.2, 0) is 11.2 Å². The lowest BCUT2D eigenvalue weighted by molar-refractivity contribution is -0.123. The van der Waals surface area contributed by atoms with Crippen LogP contribution in [0.4, 0.5) is 0 Å². The molecule has 1 aromatic rings. The van der Waals surface area contributed by atoms with E-state index in [9.17, 15) is 4.79 Å². The summed E-state index contributed by atoms with van der Waals surface area (Å²) in [4.78, 5) is 12.0. The van der Waals surface area contributed by atoms with Crippen LogP contribution in [0.25, 0.3) is 0 Å². The molecule has 1 rings (SSSR count). The average Bonchev–Trinajstić information content (AvgIpc) is 2.38. The van der Waals surface area contributed by atoms with E-state index in [4.69, 9.17) is 28.3 Å². The third-order valence-corrected chi connectivity index (χ3v) is 4.11. The first-order valence-electron chi connectivity index (χ1n) is 6.76. The zero-order valence-electron chi connectivity index (χ0n) is 11.9. The quantitative estimate of drug-likeness (QED) is 0.807. The lowest BCUT2D eigenvalue weighted by atomic mass is 9.94. The first-order chi connectivity index (χ1) is 9.40. The largest absolute Gasteiger partial charge is 0.396 e. The molecule has 0 saturated carbocycles. The highest BCUT2D eigenvalue weighted by molar-refractivity contribution is 6.35. The molecule has 0 heterocycles. The molecule has 0 aliphatic rings. The Hall–Kier alpha value is -0.770. The molecule has 0 fully saturated rings. The van der Waals surface area contributed by atoms with Gasteiger partial charge in [-0.05, 0) is 43.9 Å². The highest BCUT2D eigenvalue weighted by Crippen LogP contribution is 2.22. The summed E-state index contributed by atoms with van der Waals surface area (Å²) in [5.41, 5.74) is 0.557. The minimum Gasteiger partial charge on any atom is -0.396 e. The minimum atomic E-state index is -0.352. The van der Waals surface area contributed by atoms with Crippen LogP contribution in [0.15, 0.2) is 18.2 Å². The predicted molar refractivity (Wildman–Crippen MR) is 83.3 cm³/mol. The molecule has 3 nitrogen and oxygen atoms in total. The summed E-state index contributed by atoms with van der Waals surface area (Å²) in [5, 5.41) is 13.2. The van der Waals surface area contributed by atoms with Gasteiger partial charge in [-0.25, -0.2) is 0 Å². The Morgan fingerprint density at radius 1 is 1.40 bits per heavy atom. The van der Waals surface area contributed by atoms with Gasteiger partial charge >= 0.3 is 0 Å². The SMILES string of the molecule is CCC(C)(CCO)NC(=O)CCc1ccc(Cl)cc1Cl. The van der Waals surface area contributed by atoms with Crippen molar-refractivity contribution in [1.82, 2.24) is 5.32 Å². The second-order valence-corrected chi connectivity index (χ2v) is 6.02. The Morgan fingerprint density at radius 2 is 2.10 bits per heavy atom. The molecule has 0 aliphatic carbocycles. The third-order valence-electron chi connectivity index (χ3n) is 3.52. The maximum Gasteiger partial charge on any atom is 0.220 e. The Bertz CT molecular complexity index is 465. The van der Waals surface area contributed by atoms with Crippen LogP contribution in [0.3, 0.4) is 0 Å². The monoisotopic (exact) mass is 317 g/mol. The molecule has 112 valence electrons. The lowest BCUT2D eigenvalue weighted by Crippen LogP contribution is -2.46. The van der Waals surface area contributed by atoms with Crippen molar-refractivity contribution in [3.63, 3.8) is 0 Å². The van der Waals surface area contributed by atoms with Crippen LogP contribution in [0.5, 0.6) is 0 Å². The summed E-state index contributed by atoms with van der Waals surface area (Å²) in [6.45, 7) is 4.00. The molecule has 0 spiro atoms. The fraction of sp³-hybridized carbons (Fsp3) is 0.533. The van der Waals surface area contributed by atoms with Gasteiger partial charge in [-0.3, -0.25) is 4.79 Å². The van der Waals surface area contributed by atoms with Gasteiger partial charge in [-0.1, -0.05) is 36.2 Å². The summed E-state index contributed by atoms with van der Waals surface area (Å²) in [5.74, 6) is -0.0335. The highest BCUT2D eigenvalue weighted by atomic mass is 35.5. The smallest absolute Gasteiger partial charge is 0.220 e. The highest BCUT2D eigenvalue weighted by Gasteiger charge is 2.23. The Morgan fingerprint density at radius 3 is 2.65 bits per heavy atom. The maximum atomic E-state index is 12.0. The molecule has 0 bridgehead atoms. The summed E-state index contributed by atoms with van der Waals surface area (Å²) in [6, 6.07) is 5.28. The lowest BCUT2D eigenvalue weighted by Gasteiger charge is -2.29. The Labute approximate surface area is 130 Å². The second-order valence-electron chi connectivity index (χ2n) is 5.17. The van der Waals surface area contributed by atoms with Gasteiger partial charge in [0, 0.05) is 28.6 Å². The van der Waals surface area contributed by atoms with E-state index in [2.05, 4.69) is 5.32 Å². The van der Waals surface area contributed by atoms with Crippen molar-refractivity contribution in [2.75, 3.05) is 6.61 Å². The third kappa shape index (κ3) is 5.31. The molecule has 1 unspecified atom stereocenters. The molecule has 0 aromatic heterocycles. The van der Waals surface area contributed by atoms with E-state index in [1.807, 2.05) is 19.9 Å². The van der Waals surface area contributed by atoms with E-state index in [1.54, 1.807) is 12.1 Å². The number of nitrogens with one attached hydrogen (secondary N) is 1. The van der Waals surface area contributed by atoms with Crippen LogP contribution in [0.2, 0.25) is 10.0 Å². The van der Waals surface area contributed by atoms with Crippen LogP contribution in [-0.4, -0.2) is 23.2 Å². The van der Waals surface area contributed by atoms with E-state index >= 15 is 0 Å². The predicted octanol–water partition coefficient (Wildman–Crippen LogP) is 3.59. The van der Waals surface area contributed by atoms with Crippen molar-refractivity contribution in [2.24, 2.45) is 0 Å². The molecule has 0 saturated heterocycles. The topological polar surface area (TPSA) is 49.3 Å². The Balaban J connectivity index is 2.54. The van der Waals surface area contributed by atoms with Crippen molar-refractivity contribution >= 4 is 29.1 Å². The number of benzene rings is 1. The van der Waals surface area contributed by atoms with Crippen molar-refractivity contribution in [3.8, 4) is 0 Å². The molecule has 1 amide bonds. The summed E-state index contributed by atoms with van der Waals surface area (Å²) in [6.07, 6.45) is 2.26. The number of carbonyl (C=O) groups excluding carboxylic acids is 1. The van der Waals surface area contributed by atoms with Crippen LogP contribution >= 0.6 is 23.2 Å². The molecule has 0 aliphatic heterocycles. The van der Waals surface area contributed by atoms with Crippen molar-refractivity contribution in [1.29, 1.82) is 0 Å². The molecular weight excluding hydrogens is 297 g/mol. The number of hydrogen-bond donors (Lipinski definition) is 2. The van der Waals surface area contributed by atoms with Gasteiger partial charge in [0.15, 0.2) is 0 Å². The van der Waals surface area contributed by atoms with Gasteiger partial charge in [-0.15, -0.1) is 0 Å². The molecule has 0 radical (unpaired) electrons. The first-order valence-corrected chi connectivity index (χ1v) is 7.51. The number of halogens is 2. The fourth-order valence-electron chi connectivity index (χ4n) is 1.95. The summed E-state index contributed by atoms with van der Waals surface area (Å²) >= 11 is 11.9. The first kappa shape index (κ1) is 17.3.